The van der Waals surface area contributed by atoms with E-state index in [0.29, 0.717) is 19.0 Å². The van der Waals surface area contributed by atoms with Crippen LogP contribution in [-0.4, -0.2) is 42.8 Å². The highest BCUT2D eigenvalue weighted by molar-refractivity contribution is 5.98. The Labute approximate surface area is 154 Å². The van der Waals surface area contributed by atoms with E-state index in [0.717, 1.165) is 18.9 Å². The summed E-state index contributed by atoms with van der Waals surface area (Å²) in [5.74, 6) is -0.453. The molecule has 1 saturated heterocycles. The van der Waals surface area contributed by atoms with Crippen LogP contribution in [0, 0.1) is 11.7 Å². The topological polar surface area (TPSA) is 72.6 Å². The first-order valence-corrected chi connectivity index (χ1v) is 8.32. The number of hydrogen-bond acceptors (Lipinski definition) is 4. The van der Waals surface area contributed by atoms with Crippen molar-refractivity contribution in [1.29, 1.82) is 0 Å². The molecule has 7 heteroatoms. The van der Waals surface area contributed by atoms with Crippen molar-refractivity contribution < 1.29 is 18.7 Å². The van der Waals surface area contributed by atoms with Gasteiger partial charge in [-0.15, -0.1) is 12.4 Å². The lowest BCUT2D eigenvalue weighted by atomic mass is 9.92. The number of carbonyl (C=O) groups excluding carboxylic acids is 2. The average molecular weight is 373 g/mol. The molecule has 1 aliphatic rings. The second-order valence-corrected chi connectivity index (χ2v) is 6.37. The van der Waals surface area contributed by atoms with Gasteiger partial charge in [0, 0.05) is 37.5 Å². The molecule has 5 nitrogen and oxygen atoms in total. The number of ketones is 1. The smallest absolute Gasteiger partial charge is 0.223 e. The number of nitrogens with two attached hydrogens (primary N) is 1. The summed E-state index contributed by atoms with van der Waals surface area (Å²) in [4.78, 5) is 26.3. The Morgan fingerprint density at radius 3 is 2.72 bits per heavy atom. The lowest BCUT2D eigenvalue weighted by Crippen LogP contribution is -2.45. The molecular weight excluding hydrogens is 347 g/mol. The first-order valence-electron chi connectivity index (χ1n) is 8.32. The third-order valence-corrected chi connectivity index (χ3v) is 4.59. The van der Waals surface area contributed by atoms with Crippen LogP contribution in [0.4, 0.5) is 4.39 Å². The van der Waals surface area contributed by atoms with E-state index in [-0.39, 0.29) is 54.3 Å². The maximum atomic E-state index is 13.7. The van der Waals surface area contributed by atoms with E-state index in [1.807, 2.05) is 6.92 Å². The largest absolute Gasteiger partial charge is 0.494 e. The van der Waals surface area contributed by atoms with Gasteiger partial charge in [0.2, 0.25) is 5.91 Å². The third kappa shape index (κ3) is 5.68. The minimum absolute atomic E-state index is 0. The molecule has 1 aliphatic heterocycles. The van der Waals surface area contributed by atoms with Crippen LogP contribution in [0.25, 0.3) is 0 Å². The number of Topliss-reactive ketones (excluding diaryl/α,β-unsaturated/α-hetero) is 1. The predicted octanol–water partition coefficient (Wildman–Crippen LogP) is 2.80. The number of nitrogens with zero attached hydrogens (tertiary/aromatic N) is 1. The Morgan fingerprint density at radius 1 is 1.40 bits per heavy atom. The molecule has 2 N–H and O–H groups in total. The standard InChI is InChI=1S/C18H25FN2O3.ClH/c1-12(20)14-4-3-9-21(11-14)18(23)8-6-16(22)13-5-7-17(24-2)15(19)10-13;/h5,7,10,12,14H,3-4,6,8-9,11,20H2,1-2H3;1H. The van der Waals surface area contributed by atoms with Crippen molar-refractivity contribution in [1.82, 2.24) is 4.90 Å². The van der Waals surface area contributed by atoms with E-state index in [1.54, 1.807) is 4.90 Å². The van der Waals surface area contributed by atoms with Gasteiger partial charge in [-0.1, -0.05) is 0 Å². The van der Waals surface area contributed by atoms with Crippen molar-refractivity contribution >= 4 is 24.1 Å². The number of carbonyl (C=O) groups is 2. The second kappa shape index (κ2) is 9.73. The molecule has 2 atom stereocenters. The number of hydrogen-bond donors (Lipinski definition) is 1. The molecule has 2 unspecified atom stereocenters. The number of likely N-dealkylation sites (tertiary alicyclic amines) is 1. The highest BCUT2D eigenvalue weighted by atomic mass is 35.5. The van der Waals surface area contributed by atoms with Gasteiger partial charge in [-0.3, -0.25) is 9.59 Å². The van der Waals surface area contributed by atoms with Gasteiger partial charge in [-0.25, -0.2) is 4.39 Å². The summed E-state index contributed by atoms with van der Waals surface area (Å²) in [6, 6.07) is 4.15. The summed E-state index contributed by atoms with van der Waals surface area (Å²) in [5.41, 5.74) is 6.19. The van der Waals surface area contributed by atoms with Crippen LogP contribution in [0.15, 0.2) is 18.2 Å². The van der Waals surface area contributed by atoms with E-state index in [4.69, 9.17) is 10.5 Å². The normalized spacial score (nSPS) is 18.2. The monoisotopic (exact) mass is 372 g/mol. The zero-order valence-corrected chi connectivity index (χ0v) is 15.5. The lowest BCUT2D eigenvalue weighted by Gasteiger charge is -2.34. The van der Waals surface area contributed by atoms with Crippen molar-refractivity contribution in [2.75, 3.05) is 20.2 Å². The highest BCUT2D eigenvalue weighted by Gasteiger charge is 2.26. The molecule has 1 fully saturated rings. The molecule has 0 aromatic heterocycles. The molecule has 0 radical (unpaired) electrons. The van der Waals surface area contributed by atoms with Gasteiger partial charge in [0.15, 0.2) is 17.3 Å². The highest BCUT2D eigenvalue weighted by Crippen LogP contribution is 2.21. The fraction of sp³-hybridized carbons (Fsp3) is 0.556. The maximum Gasteiger partial charge on any atom is 0.223 e. The van der Waals surface area contributed by atoms with E-state index >= 15 is 0 Å². The van der Waals surface area contributed by atoms with E-state index in [9.17, 15) is 14.0 Å². The van der Waals surface area contributed by atoms with Crippen LogP contribution in [-0.2, 0) is 4.79 Å². The van der Waals surface area contributed by atoms with Gasteiger partial charge in [-0.2, -0.15) is 0 Å². The van der Waals surface area contributed by atoms with Crippen molar-refractivity contribution in [3.63, 3.8) is 0 Å². The van der Waals surface area contributed by atoms with Crippen LogP contribution >= 0.6 is 12.4 Å². The number of halogens is 2. The van der Waals surface area contributed by atoms with Crippen molar-refractivity contribution in [2.24, 2.45) is 11.7 Å². The second-order valence-electron chi connectivity index (χ2n) is 6.37. The molecule has 1 amide bonds. The van der Waals surface area contributed by atoms with Gasteiger partial charge in [0.25, 0.3) is 0 Å². The Balaban J connectivity index is 0.00000312. The zero-order chi connectivity index (χ0) is 17.7. The summed E-state index contributed by atoms with van der Waals surface area (Å²) in [6.07, 6.45) is 2.18. The van der Waals surface area contributed by atoms with E-state index in [1.165, 1.54) is 19.2 Å². The number of methoxy groups -OCH3 is 1. The van der Waals surface area contributed by atoms with Gasteiger partial charge in [0.1, 0.15) is 0 Å². The van der Waals surface area contributed by atoms with Crippen molar-refractivity contribution in [2.45, 2.75) is 38.6 Å². The SMILES string of the molecule is COc1ccc(C(=O)CCC(=O)N2CCCC(C(C)N)C2)cc1F.Cl. The zero-order valence-electron chi connectivity index (χ0n) is 14.7. The Kier molecular flexibility index (Phi) is 8.32. The summed E-state index contributed by atoms with van der Waals surface area (Å²) in [5, 5.41) is 0. The number of benzene rings is 1. The number of piperidine rings is 1. The molecule has 25 heavy (non-hydrogen) atoms. The molecule has 1 aromatic carbocycles. The summed E-state index contributed by atoms with van der Waals surface area (Å²) >= 11 is 0. The van der Waals surface area contributed by atoms with E-state index < -0.39 is 5.82 Å². The molecule has 0 bridgehead atoms. The number of ether oxygens (including phenoxy) is 1. The minimum atomic E-state index is -0.578. The molecular formula is C18H26ClFN2O3. The molecule has 140 valence electrons. The molecule has 0 spiro atoms. The molecule has 2 rings (SSSR count). The third-order valence-electron chi connectivity index (χ3n) is 4.59. The minimum Gasteiger partial charge on any atom is -0.494 e. The van der Waals surface area contributed by atoms with Crippen molar-refractivity contribution in [3.05, 3.63) is 29.6 Å². The van der Waals surface area contributed by atoms with Gasteiger partial charge in [0.05, 0.1) is 7.11 Å². The first-order chi connectivity index (χ1) is 11.4. The summed E-state index contributed by atoms with van der Waals surface area (Å²) in [7, 11) is 1.37. The fourth-order valence-electron chi connectivity index (χ4n) is 3.03. The first kappa shape index (κ1) is 21.4. The molecule has 0 saturated carbocycles. The van der Waals surface area contributed by atoms with Crippen LogP contribution in [0.1, 0.15) is 43.0 Å². The molecule has 0 aliphatic carbocycles. The number of rotatable bonds is 6. The Hall–Kier alpha value is -1.66. The summed E-state index contributed by atoms with van der Waals surface area (Å²) in [6.45, 7) is 3.33. The fourth-order valence-corrected chi connectivity index (χ4v) is 3.03. The lowest BCUT2D eigenvalue weighted by molar-refractivity contribution is -0.133. The van der Waals surface area contributed by atoms with Crippen LogP contribution in [0.2, 0.25) is 0 Å². The quantitative estimate of drug-likeness (QED) is 0.779. The maximum absolute atomic E-state index is 13.7. The number of amides is 1. The molecule has 1 heterocycles. The molecule has 1 aromatic rings. The Bertz CT molecular complexity index is 610. The average Bonchev–Trinajstić information content (AvgIpc) is 2.59. The summed E-state index contributed by atoms with van der Waals surface area (Å²) < 4.78 is 18.5. The van der Waals surface area contributed by atoms with Crippen LogP contribution in [0.5, 0.6) is 5.75 Å². The van der Waals surface area contributed by atoms with Crippen LogP contribution < -0.4 is 10.5 Å². The van der Waals surface area contributed by atoms with Gasteiger partial charge in [-0.05, 0) is 43.9 Å². The van der Waals surface area contributed by atoms with Gasteiger partial charge < -0.3 is 15.4 Å². The van der Waals surface area contributed by atoms with Crippen LogP contribution in [0.3, 0.4) is 0 Å². The van der Waals surface area contributed by atoms with Crippen molar-refractivity contribution in [3.8, 4) is 5.75 Å². The van der Waals surface area contributed by atoms with Gasteiger partial charge >= 0.3 is 0 Å². The predicted molar refractivity (Wildman–Crippen MR) is 96.7 cm³/mol. The van der Waals surface area contributed by atoms with E-state index in [2.05, 4.69) is 0 Å². The Morgan fingerprint density at radius 2 is 2.12 bits per heavy atom.